The van der Waals surface area contributed by atoms with Gasteiger partial charge in [-0.25, -0.2) is 19.9 Å². The van der Waals surface area contributed by atoms with E-state index >= 15 is 0 Å². The fourth-order valence-corrected chi connectivity index (χ4v) is 4.23. The highest BCUT2D eigenvalue weighted by atomic mass is 35.5. The number of rotatable bonds is 1. The molecule has 0 fully saturated rings. The van der Waals surface area contributed by atoms with Gasteiger partial charge < -0.3 is 9.13 Å². The second-order valence-electron chi connectivity index (χ2n) is 7.55. The molecule has 6 rings (SSSR count). The molecule has 0 bridgehead atoms. The van der Waals surface area contributed by atoms with Gasteiger partial charge in [-0.2, -0.15) is 9.97 Å². The summed E-state index contributed by atoms with van der Waals surface area (Å²) in [6.45, 7) is 0. The van der Waals surface area contributed by atoms with Gasteiger partial charge in [0.2, 0.25) is 15.9 Å². The maximum absolute atomic E-state index is 6.03. The molecule has 0 aliphatic carbocycles. The van der Waals surface area contributed by atoms with Crippen LogP contribution in [0.2, 0.25) is 25.9 Å². The number of hydrogen-bond donors (Lipinski definition) is 0. The minimum absolute atomic E-state index is 0. The van der Waals surface area contributed by atoms with Crippen LogP contribution >= 0.6 is 58.0 Å². The second-order valence-corrected chi connectivity index (χ2v) is 9.43. The molecular weight excluding hydrogens is 602 g/mol. The normalized spacial score (nSPS) is 10.0. The van der Waals surface area contributed by atoms with E-state index in [2.05, 4.69) is 40.5 Å². The summed E-state index contributed by atoms with van der Waals surface area (Å²) in [6, 6.07) is 13.7. The Morgan fingerprint density at radius 3 is 1.77 bits per heavy atom. The van der Waals surface area contributed by atoms with Crippen LogP contribution in [-0.2, 0) is 14.1 Å². The van der Waals surface area contributed by atoms with Crippen molar-refractivity contribution in [2.75, 3.05) is 0 Å². The van der Waals surface area contributed by atoms with Gasteiger partial charge in [0, 0.05) is 63.9 Å². The summed E-state index contributed by atoms with van der Waals surface area (Å²) in [5.74, 6) is 0.544. The lowest BCUT2D eigenvalue weighted by molar-refractivity contribution is 0.966. The highest BCUT2D eigenvalue weighted by Crippen LogP contribution is 2.30. The Kier molecular flexibility index (Phi) is 11.9. The molecule has 0 saturated heterocycles. The van der Waals surface area contributed by atoms with Crippen molar-refractivity contribution >= 4 is 79.8 Å². The van der Waals surface area contributed by atoms with Crippen LogP contribution in [0.1, 0.15) is 14.9 Å². The summed E-state index contributed by atoms with van der Waals surface area (Å²) in [6.07, 6.45) is 6.62. The largest absolute Gasteiger partial charge is 0.351 e. The van der Waals surface area contributed by atoms with Gasteiger partial charge in [0.1, 0.15) is 12.7 Å². The van der Waals surface area contributed by atoms with Gasteiger partial charge in [-0.3, -0.25) is 0 Å². The predicted molar refractivity (Wildman–Crippen MR) is 163 cm³/mol. The van der Waals surface area contributed by atoms with Gasteiger partial charge in [0.15, 0.2) is 5.82 Å². The number of aromatic nitrogens is 8. The maximum Gasteiger partial charge on any atom is 0.226 e. The molecule has 0 N–H and O–H groups in total. The van der Waals surface area contributed by atoms with E-state index in [-0.39, 0.29) is 30.7 Å². The Bertz CT molecular complexity index is 1670. The number of aryl methyl sites for hydroxylation is 2. The van der Waals surface area contributed by atoms with E-state index in [4.69, 9.17) is 58.0 Å². The van der Waals surface area contributed by atoms with E-state index in [9.17, 15) is 0 Å². The molecular formula is C26H25Cl5N8. The van der Waals surface area contributed by atoms with Crippen LogP contribution in [0.15, 0.2) is 67.5 Å². The molecule has 0 unspecified atom stereocenters. The summed E-state index contributed by atoms with van der Waals surface area (Å²) in [4.78, 5) is 22.5. The van der Waals surface area contributed by atoms with E-state index in [1.807, 2.05) is 67.5 Å². The third-order valence-electron chi connectivity index (χ3n) is 5.10. The number of halogens is 5. The first-order chi connectivity index (χ1) is 17.7. The van der Waals surface area contributed by atoms with Crippen LogP contribution in [0, 0.1) is 0 Å². The molecule has 0 spiro atoms. The minimum atomic E-state index is 0. The SMILES string of the molecule is C.C.Clc1ncnc(Cl)n1.Cn1cc(-c2ncnc(Cl)n2)c2cc(Cl)ccc21.Cn1ccc2cc(Cl)ccc21. The van der Waals surface area contributed by atoms with Crippen molar-refractivity contribution in [1.29, 1.82) is 0 Å². The van der Waals surface area contributed by atoms with Crippen molar-refractivity contribution in [3.63, 3.8) is 0 Å². The topological polar surface area (TPSA) is 87.2 Å². The number of fused-ring (bicyclic) bond motifs is 2. The molecule has 2 aromatic carbocycles. The molecule has 0 saturated carbocycles. The van der Waals surface area contributed by atoms with Crippen molar-refractivity contribution in [1.82, 2.24) is 39.0 Å². The quantitative estimate of drug-likeness (QED) is 0.182. The van der Waals surface area contributed by atoms with Gasteiger partial charge in [-0.1, -0.05) is 38.1 Å². The zero-order valence-corrected chi connectivity index (χ0v) is 23.1. The van der Waals surface area contributed by atoms with Gasteiger partial charge in [0.05, 0.1) is 0 Å². The average Bonchev–Trinajstić information content (AvgIpc) is 3.38. The molecule has 8 nitrogen and oxygen atoms in total. The third kappa shape index (κ3) is 8.24. The molecule has 0 aliphatic heterocycles. The lowest BCUT2D eigenvalue weighted by Gasteiger charge is -1.98. The van der Waals surface area contributed by atoms with Crippen molar-refractivity contribution in [3.05, 3.63) is 93.4 Å². The fraction of sp³-hybridized carbons (Fsp3) is 0.154. The zero-order chi connectivity index (χ0) is 26.5. The standard InChI is InChI=1S/C12H8Cl2N4.C9H8ClN.C3HCl2N3.2CH4/c1-18-5-9(11-15-6-16-12(14)17-11)8-4-7(13)2-3-10(8)18;1-11-5-4-7-6-8(10)2-3-9(7)11;4-2-6-1-7-3(5)8-2;;/h2-6H,1H3;2-6H,1H3;1H;2*1H4. The van der Waals surface area contributed by atoms with Gasteiger partial charge in [-0.05, 0) is 77.3 Å². The molecule has 4 heterocycles. The van der Waals surface area contributed by atoms with Crippen LogP contribution in [0.4, 0.5) is 0 Å². The van der Waals surface area contributed by atoms with Crippen LogP contribution in [0.5, 0.6) is 0 Å². The molecule has 0 amide bonds. The smallest absolute Gasteiger partial charge is 0.226 e. The maximum atomic E-state index is 6.03. The summed E-state index contributed by atoms with van der Waals surface area (Å²) in [7, 11) is 3.98. The Labute approximate surface area is 251 Å². The molecule has 4 aromatic heterocycles. The van der Waals surface area contributed by atoms with E-state index in [0.29, 0.717) is 10.8 Å². The molecule has 0 aliphatic rings. The number of benzene rings is 2. The Morgan fingerprint density at radius 1 is 0.615 bits per heavy atom. The van der Waals surface area contributed by atoms with Crippen LogP contribution < -0.4 is 0 Å². The van der Waals surface area contributed by atoms with Crippen molar-refractivity contribution in [2.24, 2.45) is 14.1 Å². The molecule has 6 aromatic rings. The average molecular weight is 627 g/mol. The summed E-state index contributed by atoms with van der Waals surface area (Å²) >= 11 is 28.2. The fourth-order valence-electron chi connectivity index (χ4n) is 3.46. The molecule has 39 heavy (non-hydrogen) atoms. The van der Waals surface area contributed by atoms with E-state index in [1.165, 1.54) is 23.6 Å². The third-order valence-corrected chi connectivity index (χ3v) is 6.11. The van der Waals surface area contributed by atoms with Gasteiger partial charge in [-0.15, -0.1) is 0 Å². The molecule has 0 atom stereocenters. The van der Waals surface area contributed by atoms with Crippen LogP contribution in [0.3, 0.4) is 0 Å². The first-order valence-electron chi connectivity index (χ1n) is 10.5. The summed E-state index contributed by atoms with van der Waals surface area (Å²) < 4.78 is 4.07. The number of hydrogen-bond acceptors (Lipinski definition) is 6. The zero-order valence-electron chi connectivity index (χ0n) is 19.3. The Hall–Kier alpha value is -3.01. The lowest BCUT2D eigenvalue weighted by atomic mass is 10.1. The predicted octanol–water partition coefficient (Wildman–Crippen LogP) is 8.62. The molecule has 13 heteroatoms. The first kappa shape index (κ1) is 32.2. The number of nitrogens with zero attached hydrogens (tertiary/aromatic N) is 8. The van der Waals surface area contributed by atoms with E-state index in [0.717, 1.165) is 21.5 Å². The van der Waals surface area contributed by atoms with Crippen molar-refractivity contribution < 1.29 is 0 Å². The van der Waals surface area contributed by atoms with Crippen molar-refractivity contribution in [3.8, 4) is 11.4 Å². The second kappa shape index (κ2) is 14.4. The molecule has 204 valence electrons. The minimum Gasteiger partial charge on any atom is -0.351 e. The van der Waals surface area contributed by atoms with E-state index < -0.39 is 0 Å². The monoisotopic (exact) mass is 624 g/mol. The van der Waals surface area contributed by atoms with Crippen LogP contribution in [0.25, 0.3) is 33.2 Å². The first-order valence-corrected chi connectivity index (χ1v) is 12.4. The van der Waals surface area contributed by atoms with Gasteiger partial charge in [0.25, 0.3) is 0 Å². The van der Waals surface area contributed by atoms with Gasteiger partial charge >= 0.3 is 0 Å². The lowest BCUT2D eigenvalue weighted by Crippen LogP contribution is -1.90. The highest BCUT2D eigenvalue weighted by molar-refractivity contribution is 6.32. The van der Waals surface area contributed by atoms with E-state index in [1.54, 1.807) is 0 Å². The Balaban J connectivity index is 0.000000219. The Morgan fingerprint density at radius 2 is 1.18 bits per heavy atom. The van der Waals surface area contributed by atoms with Crippen molar-refractivity contribution in [2.45, 2.75) is 14.9 Å². The highest BCUT2D eigenvalue weighted by Gasteiger charge is 2.12. The summed E-state index contributed by atoms with van der Waals surface area (Å²) in [5.41, 5.74) is 3.17. The molecule has 0 radical (unpaired) electrons. The van der Waals surface area contributed by atoms with Crippen LogP contribution in [-0.4, -0.2) is 39.0 Å². The summed E-state index contributed by atoms with van der Waals surface area (Å²) in [5, 5.41) is 4.07.